The molecule has 2 N–H and O–H groups in total. The molecule has 1 aromatic carbocycles. The van der Waals surface area contributed by atoms with Crippen LogP contribution in [0.3, 0.4) is 0 Å². The van der Waals surface area contributed by atoms with Crippen LogP contribution in [-0.2, 0) is 9.53 Å². The largest absolute Gasteiger partial charge is 0.507 e. The molecule has 0 aliphatic heterocycles. The van der Waals surface area contributed by atoms with Gasteiger partial charge in [0.2, 0.25) is 0 Å². The third-order valence-corrected chi connectivity index (χ3v) is 4.32. The van der Waals surface area contributed by atoms with E-state index in [2.05, 4.69) is 6.58 Å². The van der Waals surface area contributed by atoms with Gasteiger partial charge in [-0.15, -0.1) is 6.58 Å². The van der Waals surface area contributed by atoms with Gasteiger partial charge in [0, 0.05) is 18.1 Å². The third-order valence-electron chi connectivity index (χ3n) is 4.32. The van der Waals surface area contributed by atoms with Gasteiger partial charge >= 0.3 is 5.97 Å². The molecule has 2 rings (SSSR count). The van der Waals surface area contributed by atoms with Gasteiger partial charge in [-0.1, -0.05) is 23.8 Å². The van der Waals surface area contributed by atoms with E-state index >= 15 is 0 Å². The van der Waals surface area contributed by atoms with Gasteiger partial charge in [-0.3, -0.25) is 9.59 Å². The number of aromatic hydroxyl groups is 2. The van der Waals surface area contributed by atoms with E-state index in [4.69, 9.17) is 4.74 Å². The minimum Gasteiger partial charge on any atom is -0.507 e. The molecule has 0 spiro atoms. The number of carbonyl (C=O) groups excluding carboxylic acids is 3. The smallest absolute Gasteiger partial charge is 0.331 e. The lowest BCUT2D eigenvalue weighted by Crippen LogP contribution is -2.28. The van der Waals surface area contributed by atoms with Crippen LogP contribution in [0.2, 0.25) is 0 Å². The van der Waals surface area contributed by atoms with E-state index in [-0.39, 0.29) is 23.1 Å². The van der Waals surface area contributed by atoms with E-state index in [0.29, 0.717) is 12.8 Å². The summed E-state index contributed by atoms with van der Waals surface area (Å²) in [7, 11) is 0. The molecule has 1 aliphatic rings. The first-order chi connectivity index (χ1) is 13.8. The zero-order valence-corrected chi connectivity index (χ0v) is 16.5. The van der Waals surface area contributed by atoms with E-state index in [0.717, 1.165) is 23.8 Å². The first-order valence-electron chi connectivity index (χ1n) is 9.23. The maximum Gasteiger partial charge on any atom is 0.331 e. The Balaban J connectivity index is 2.37. The van der Waals surface area contributed by atoms with Gasteiger partial charge in [0.15, 0.2) is 11.6 Å². The van der Waals surface area contributed by atoms with Gasteiger partial charge < -0.3 is 14.9 Å². The summed E-state index contributed by atoms with van der Waals surface area (Å²) in [5.74, 6) is -2.76. The lowest BCUT2D eigenvalue weighted by Gasteiger charge is -2.23. The monoisotopic (exact) mass is 396 g/mol. The fourth-order valence-electron chi connectivity index (χ4n) is 2.88. The Morgan fingerprint density at radius 3 is 2.41 bits per heavy atom. The van der Waals surface area contributed by atoms with E-state index < -0.39 is 35.1 Å². The number of ether oxygens (including phenoxy) is 1. The molecule has 29 heavy (non-hydrogen) atoms. The van der Waals surface area contributed by atoms with Gasteiger partial charge in [-0.05, 0) is 44.9 Å². The number of rotatable bonds is 8. The van der Waals surface area contributed by atoms with Gasteiger partial charge in [0.1, 0.15) is 17.6 Å². The Morgan fingerprint density at radius 2 is 1.79 bits per heavy atom. The first-order valence-corrected chi connectivity index (χ1v) is 9.23. The summed E-state index contributed by atoms with van der Waals surface area (Å²) in [6.07, 6.45) is 8.00. The Kier molecular flexibility index (Phi) is 7.31. The van der Waals surface area contributed by atoms with Crippen LogP contribution in [0.1, 0.15) is 53.8 Å². The second kappa shape index (κ2) is 9.68. The topological polar surface area (TPSA) is 101 Å². The number of Topliss-reactive ketones (excluding diaryl/α,β-unsaturated/α-hetero) is 1. The van der Waals surface area contributed by atoms with Gasteiger partial charge in [-0.25, -0.2) is 4.79 Å². The summed E-state index contributed by atoms with van der Waals surface area (Å²) < 4.78 is 5.44. The van der Waals surface area contributed by atoms with Crippen molar-refractivity contribution in [3.63, 3.8) is 0 Å². The quantitative estimate of drug-likeness (QED) is 0.225. The number of fused-ring (bicyclic) bond motifs is 1. The Hall–Kier alpha value is -3.41. The number of unbranched alkanes of at least 4 members (excludes halogenated alkanes) is 1. The molecule has 6 nitrogen and oxygen atoms in total. The van der Waals surface area contributed by atoms with Crippen molar-refractivity contribution in [2.24, 2.45) is 0 Å². The number of carbonyl (C=O) groups is 3. The van der Waals surface area contributed by atoms with Crippen LogP contribution >= 0.6 is 0 Å². The van der Waals surface area contributed by atoms with Crippen LogP contribution in [0, 0.1) is 0 Å². The fourth-order valence-corrected chi connectivity index (χ4v) is 2.88. The molecule has 6 heteroatoms. The highest BCUT2D eigenvalue weighted by atomic mass is 16.5. The van der Waals surface area contributed by atoms with Crippen molar-refractivity contribution in [3.8, 4) is 11.5 Å². The van der Waals surface area contributed by atoms with Crippen LogP contribution in [0.15, 0.2) is 60.2 Å². The van der Waals surface area contributed by atoms with Crippen molar-refractivity contribution in [1.29, 1.82) is 0 Å². The molecular formula is C23H24O6. The van der Waals surface area contributed by atoms with Crippen LogP contribution in [0.5, 0.6) is 11.5 Å². The van der Waals surface area contributed by atoms with Crippen LogP contribution in [0.4, 0.5) is 0 Å². The summed E-state index contributed by atoms with van der Waals surface area (Å²) in [5, 5.41) is 20.0. The number of hydrogen-bond acceptors (Lipinski definition) is 6. The molecule has 0 saturated carbocycles. The highest BCUT2D eigenvalue weighted by molar-refractivity contribution is 6.27. The van der Waals surface area contributed by atoms with E-state index in [9.17, 15) is 24.6 Å². The van der Waals surface area contributed by atoms with Crippen molar-refractivity contribution in [1.82, 2.24) is 0 Å². The molecule has 1 unspecified atom stereocenters. The second-order valence-corrected chi connectivity index (χ2v) is 6.86. The summed E-state index contributed by atoms with van der Waals surface area (Å²) >= 11 is 0. The molecule has 0 amide bonds. The number of phenolic OH excluding ortho intramolecular Hbond substituents is 2. The standard InChI is InChI=1S/C23H24O6/c1-4-5-6-7-8-20(27)29-19(12-9-14(2)3)15-13-18(26)21-16(24)10-11-17(25)22(21)23(15)28/h4,7-11,13,19,24-25H,1,5-6,12H2,2-3H3/b8-7+. The molecule has 1 aliphatic carbocycles. The number of benzene rings is 1. The maximum atomic E-state index is 13.0. The first kappa shape index (κ1) is 21.9. The average Bonchev–Trinajstić information content (AvgIpc) is 2.67. The van der Waals surface area contributed by atoms with Crippen molar-refractivity contribution in [2.45, 2.75) is 39.2 Å². The SMILES string of the molecule is C=CCC/C=C/C(=O)OC(CC=C(C)C)C1=CC(=O)c2c(O)ccc(O)c2C1=O. The van der Waals surface area contributed by atoms with Crippen LogP contribution in [-0.4, -0.2) is 33.9 Å². The molecule has 0 bridgehead atoms. The number of phenols is 2. The molecule has 0 radical (unpaired) electrons. The number of esters is 1. The lowest BCUT2D eigenvalue weighted by molar-refractivity contribution is -0.141. The van der Waals surface area contributed by atoms with Crippen molar-refractivity contribution < 1.29 is 29.3 Å². The van der Waals surface area contributed by atoms with E-state index in [1.54, 1.807) is 18.2 Å². The van der Waals surface area contributed by atoms with Crippen molar-refractivity contribution in [3.05, 3.63) is 71.4 Å². The summed E-state index contributed by atoms with van der Waals surface area (Å²) in [6.45, 7) is 7.32. The molecule has 1 aromatic rings. The van der Waals surface area contributed by atoms with Gasteiger partial charge in [-0.2, -0.15) is 0 Å². The Morgan fingerprint density at radius 1 is 1.14 bits per heavy atom. The predicted octanol–water partition coefficient (Wildman–Crippen LogP) is 4.19. The number of allylic oxidation sites excluding steroid dienone is 4. The van der Waals surface area contributed by atoms with Gasteiger partial charge in [0.05, 0.1) is 11.1 Å². The van der Waals surface area contributed by atoms with Crippen LogP contribution in [0.25, 0.3) is 0 Å². The molecule has 0 saturated heterocycles. The lowest BCUT2D eigenvalue weighted by atomic mass is 9.85. The molecule has 0 heterocycles. The summed E-state index contributed by atoms with van der Waals surface area (Å²) in [4.78, 5) is 37.7. The summed E-state index contributed by atoms with van der Waals surface area (Å²) in [5.41, 5.74) is 0.361. The molecule has 1 atom stereocenters. The normalized spacial score (nSPS) is 14.2. The van der Waals surface area contributed by atoms with Crippen molar-refractivity contribution in [2.75, 3.05) is 0 Å². The second-order valence-electron chi connectivity index (χ2n) is 6.86. The highest BCUT2D eigenvalue weighted by Gasteiger charge is 2.35. The van der Waals surface area contributed by atoms with Crippen LogP contribution < -0.4 is 0 Å². The number of hydrogen-bond donors (Lipinski definition) is 2. The zero-order valence-electron chi connectivity index (χ0n) is 16.5. The Labute approximate surface area is 169 Å². The average molecular weight is 396 g/mol. The highest BCUT2D eigenvalue weighted by Crippen LogP contribution is 2.36. The summed E-state index contributed by atoms with van der Waals surface area (Å²) in [6, 6.07) is 2.29. The third kappa shape index (κ3) is 5.31. The maximum absolute atomic E-state index is 13.0. The molecule has 152 valence electrons. The fraction of sp³-hybridized carbons (Fsp3) is 0.261. The van der Waals surface area contributed by atoms with E-state index in [1.165, 1.54) is 6.08 Å². The van der Waals surface area contributed by atoms with E-state index in [1.807, 2.05) is 13.8 Å². The predicted molar refractivity (Wildman–Crippen MR) is 109 cm³/mol. The molecular weight excluding hydrogens is 372 g/mol. The minimum absolute atomic E-state index is 0.0475. The van der Waals surface area contributed by atoms with Crippen molar-refractivity contribution >= 4 is 17.5 Å². The Bertz CT molecular complexity index is 929. The van der Waals surface area contributed by atoms with Gasteiger partial charge in [0.25, 0.3) is 0 Å². The molecule has 0 fully saturated rings. The minimum atomic E-state index is -1.01. The zero-order chi connectivity index (χ0) is 21.6. The number of ketones is 2. The molecule has 0 aromatic heterocycles.